The normalized spacial score (nSPS) is 27.0. The summed E-state index contributed by atoms with van der Waals surface area (Å²) >= 11 is 6.20. The summed E-state index contributed by atoms with van der Waals surface area (Å²) in [6.07, 6.45) is 5.83. The molecule has 0 amide bonds. The standard InChI is InChI=1S/C22H26ClN3O4S/c1-14-6-8-22(3,9-7-14)31(29,30)25-12-15(2)20(13-25)26-19-10-16(23)4-5-17(19)18(24-26)11-21(27)28/h4-8,10,15,20H,9,11-13H2,1-3H3,(H,27,28)/t15-,20+,22?/m1/s1. The Morgan fingerprint density at radius 2 is 2.10 bits per heavy atom. The van der Waals surface area contributed by atoms with Gasteiger partial charge in [-0.25, -0.2) is 8.42 Å². The van der Waals surface area contributed by atoms with Crippen molar-refractivity contribution >= 4 is 38.5 Å². The van der Waals surface area contributed by atoms with E-state index in [1.54, 1.807) is 40.2 Å². The average Bonchev–Trinajstić information content (AvgIpc) is 3.24. The molecular formula is C22H26ClN3O4S. The molecule has 9 heteroatoms. The van der Waals surface area contributed by atoms with Gasteiger partial charge in [0.15, 0.2) is 0 Å². The lowest BCUT2D eigenvalue weighted by atomic mass is 9.98. The van der Waals surface area contributed by atoms with Crippen LogP contribution in [0, 0.1) is 5.92 Å². The third-order valence-corrected chi connectivity index (χ3v) is 9.07. The van der Waals surface area contributed by atoms with Crippen molar-refractivity contribution in [1.82, 2.24) is 14.1 Å². The number of aliphatic carboxylic acids is 1. The lowest BCUT2D eigenvalue weighted by molar-refractivity contribution is -0.136. The molecule has 2 heterocycles. The molecule has 166 valence electrons. The van der Waals surface area contributed by atoms with Crippen LogP contribution < -0.4 is 0 Å². The summed E-state index contributed by atoms with van der Waals surface area (Å²) in [5.74, 6) is -0.964. The minimum absolute atomic E-state index is 0.00276. The summed E-state index contributed by atoms with van der Waals surface area (Å²) in [5, 5.41) is 15.1. The molecule has 0 spiro atoms. The summed E-state index contributed by atoms with van der Waals surface area (Å²) in [6.45, 7) is 6.38. The molecule has 0 saturated carbocycles. The molecule has 7 nitrogen and oxygen atoms in total. The van der Waals surface area contributed by atoms with Gasteiger partial charge < -0.3 is 5.11 Å². The van der Waals surface area contributed by atoms with Crippen molar-refractivity contribution in [3.05, 3.63) is 52.7 Å². The molecule has 2 aliphatic rings. The lowest BCUT2D eigenvalue weighted by Gasteiger charge is -2.32. The first kappa shape index (κ1) is 22.0. The average molecular weight is 464 g/mol. The molecule has 0 radical (unpaired) electrons. The van der Waals surface area contributed by atoms with Gasteiger partial charge in [-0.2, -0.15) is 9.40 Å². The van der Waals surface area contributed by atoms with E-state index < -0.39 is 20.7 Å². The van der Waals surface area contributed by atoms with Gasteiger partial charge in [0.1, 0.15) is 4.75 Å². The van der Waals surface area contributed by atoms with Gasteiger partial charge in [0.25, 0.3) is 0 Å². The summed E-state index contributed by atoms with van der Waals surface area (Å²) in [6, 6.07) is 5.03. The fourth-order valence-electron chi connectivity index (χ4n) is 4.42. The molecule has 1 aromatic carbocycles. The smallest absolute Gasteiger partial charge is 0.309 e. The van der Waals surface area contributed by atoms with Crippen LogP contribution in [0.1, 0.15) is 38.9 Å². The Balaban J connectivity index is 1.70. The van der Waals surface area contributed by atoms with Crippen molar-refractivity contribution in [3.8, 4) is 0 Å². The van der Waals surface area contributed by atoms with Crippen LogP contribution in [0.25, 0.3) is 10.9 Å². The van der Waals surface area contributed by atoms with E-state index in [9.17, 15) is 18.3 Å². The van der Waals surface area contributed by atoms with Crippen LogP contribution in [0.5, 0.6) is 0 Å². The molecule has 1 aliphatic carbocycles. The number of halogens is 1. The second-order valence-corrected chi connectivity index (χ2v) is 11.6. The summed E-state index contributed by atoms with van der Waals surface area (Å²) in [4.78, 5) is 11.3. The molecule has 1 saturated heterocycles. The van der Waals surface area contributed by atoms with Crippen molar-refractivity contribution < 1.29 is 18.3 Å². The third-order valence-electron chi connectivity index (χ3n) is 6.38. The predicted molar refractivity (Wildman–Crippen MR) is 121 cm³/mol. The van der Waals surface area contributed by atoms with Crippen LogP contribution in [-0.4, -0.2) is 51.4 Å². The Labute approximate surface area is 187 Å². The van der Waals surface area contributed by atoms with Crippen LogP contribution in [0.15, 0.2) is 42.0 Å². The first-order valence-corrected chi connectivity index (χ1v) is 12.1. The van der Waals surface area contributed by atoms with Gasteiger partial charge in [-0.3, -0.25) is 9.48 Å². The van der Waals surface area contributed by atoms with E-state index in [4.69, 9.17) is 11.6 Å². The van der Waals surface area contributed by atoms with Gasteiger partial charge in [-0.15, -0.1) is 0 Å². The van der Waals surface area contributed by atoms with E-state index >= 15 is 0 Å². The number of allylic oxidation sites excluding steroid dienone is 3. The predicted octanol–water partition coefficient (Wildman–Crippen LogP) is 3.80. The van der Waals surface area contributed by atoms with Crippen LogP contribution >= 0.6 is 11.6 Å². The van der Waals surface area contributed by atoms with E-state index in [2.05, 4.69) is 5.10 Å². The number of benzene rings is 1. The van der Waals surface area contributed by atoms with E-state index in [0.717, 1.165) is 16.5 Å². The monoisotopic (exact) mass is 463 g/mol. The topological polar surface area (TPSA) is 92.5 Å². The molecule has 2 aromatic rings. The van der Waals surface area contributed by atoms with Crippen LogP contribution in [0.4, 0.5) is 0 Å². The van der Waals surface area contributed by atoms with Gasteiger partial charge in [0.2, 0.25) is 10.0 Å². The minimum Gasteiger partial charge on any atom is -0.481 e. The van der Waals surface area contributed by atoms with Gasteiger partial charge >= 0.3 is 5.97 Å². The quantitative estimate of drug-likeness (QED) is 0.727. The number of carboxylic acids is 1. The van der Waals surface area contributed by atoms with Crippen molar-refractivity contribution in [1.29, 1.82) is 0 Å². The molecule has 0 bridgehead atoms. The minimum atomic E-state index is -3.59. The maximum atomic E-state index is 13.5. The molecule has 1 aliphatic heterocycles. The SMILES string of the molecule is CC1=CCC(C)(S(=O)(=O)N2C[C@@H](C)[C@@H](n3nc(CC(=O)O)c4ccc(Cl)cc43)C2)C=C1. The Morgan fingerprint density at radius 1 is 1.35 bits per heavy atom. The summed E-state index contributed by atoms with van der Waals surface area (Å²) < 4.78 is 29.4. The Hall–Kier alpha value is -2.16. The van der Waals surface area contributed by atoms with Gasteiger partial charge in [0, 0.05) is 23.5 Å². The number of fused-ring (bicyclic) bond motifs is 1. The number of rotatable bonds is 5. The Bertz CT molecular complexity index is 1220. The Morgan fingerprint density at radius 3 is 2.74 bits per heavy atom. The number of carboxylic acid groups (broad SMARTS) is 1. The zero-order chi connectivity index (χ0) is 22.6. The first-order valence-electron chi connectivity index (χ1n) is 10.3. The van der Waals surface area contributed by atoms with E-state index in [0.29, 0.717) is 23.7 Å². The van der Waals surface area contributed by atoms with E-state index in [-0.39, 0.29) is 24.9 Å². The van der Waals surface area contributed by atoms with Crippen molar-refractivity contribution in [2.75, 3.05) is 13.1 Å². The number of carbonyl (C=O) groups is 1. The lowest BCUT2D eigenvalue weighted by Crippen LogP contribution is -2.45. The summed E-state index contributed by atoms with van der Waals surface area (Å²) in [7, 11) is -3.59. The molecular weight excluding hydrogens is 438 g/mol. The number of aromatic nitrogens is 2. The Kier molecular flexibility index (Phi) is 5.52. The number of sulfonamides is 1. The van der Waals surface area contributed by atoms with Crippen LogP contribution in [0.3, 0.4) is 0 Å². The fraction of sp³-hybridized carbons (Fsp3) is 0.455. The largest absolute Gasteiger partial charge is 0.481 e. The molecule has 1 N–H and O–H groups in total. The maximum absolute atomic E-state index is 13.5. The van der Waals surface area contributed by atoms with Gasteiger partial charge in [0.05, 0.1) is 23.7 Å². The first-order chi connectivity index (χ1) is 14.5. The highest BCUT2D eigenvalue weighted by Crippen LogP contribution is 2.38. The highest BCUT2D eigenvalue weighted by atomic mass is 35.5. The second kappa shape index (κ2) is 7.76. The highest BCUT2D eigenvalue weighted by Gasteiger charge is 2.46. The van der Waals surface area contributed by atoms with E-state index in [1.807, 2.05) is 26.0 Å². The number of nitrogens with zero attached hydrogens (tertiary/aromatic N) is 3. The highest BCUT2D eigenvalue weighted by molar-refractivity contribution is 7.90. The fourth-order valence-corrected chi connectivity index (χ4v) is 6.49. The van der Waals surface area contributed by atoms with Crippen LogP contribution in [0.2, 0.25) is 5.02 Å². The number of hydrogen-bond acceptors (Lipinski definition) is 4. The second-order valence-electron chi connectivity index (χ2n) is 8.79. The zero-order valence-corrected chi connectivity index (χ0v) is 19.3. The van der Waals surface area contributed by atoms with Gasteiger partial charge in [-0.1, -0.05) is 42.3 Å². The molecule has 3 atom stereocenters. The molecule has 1 unspecified atom stereocenters. The van der Waals surface area contributed by atoms with E-state index in [1.165, 1.54) is 0 Å². The van der Waals surface area contributed by atoms with Crippen molar-refractivity contribution in [2.45, 2.75) is 44.4 Å². The van der Waals surface area contributed by atoms with Crippen LogP contribution in [-0.2, 0) is 21.2 Å². The summed E-state index contributed by atoms with van der Waals surface area (Å²) in [5.41, 5.74) is 2.24. The van der Waals surface area contributed by atoms with Crippen molar-refractivity contribution in [2.24, 2.45) is 5.92 Å². The van der Waals surface area contributed by atoms with Crippen molar-refractivity contribution in [3.63, 3.8) is 0 Å². The molecule has 1 fully saturated rings. The zero-order valence-electron chi connectivity index (χ0n) is 17.7. The molecule has 31 heavy (non-hydrogen) atoms. The molecule has 4 rings (SSSR count). The van der Waals surface area contributed by atoms with Gasteiger partial charge in [-0.05, 0) is 44.4 Å². The number of hydrogen-bond donors (Lipinski definition) is 1. The maximum Gasteiger partial charge on any atom is 0.309 e. The molecule has 1 aromatic heterocycles. The third kappa shape index (κ3) is 3.81.